The summed E-state index contributed by atoms with van der Waals surface area (Å²) < 4.78 is 36.0. The minimum Gasteiger partial charge on any atom is -0.166 e. The van der Waals surface area contributed by atoms with Crippen LogP contribution in [0, 0.1) is 0 Å². The van der Waals surface area contributed by atoms with Gasteiger partial charge >= 0.3 is 6.18 Å². The van der Waals surface area contributed by atoms with Crippen LogP contribution in [-0.4, -0.2) is 0 Å². The van der Waals surface area contributed by atoms with Gasteiger partial charge in [0.25, 0.3) is 0 Å². The van der Waals surface area contributed by atoms with Crippen molar-refractivity contribution in [1.82, 2.24) is 0 Å². The first-order valence-electron chi connectivity index (χ1n) is 3.26. The predicted octanol–water partition coefficient (Wildman–Crippen LogP) is 3.44. The van der Waals surface area contributed by atoms with Gasteiger partial charge in [0.15, 0.2) is 0 Å². The Morgan fingerprint density at radius 2 is 1.54 bits per heavy atom. The SMILES string of the molecule is FC(F)(F)c1ccc(CCl)cc1.[Zn]. The number of benzene rings is 1. The van der Waals surface area contributed by atoms with Crippen molar-refractivity contribution >= 4 is 11.6 Å². The Kier molecular flexibility index (Phi) is 4.94. The molecule has 0 unspecified atom stereocenters. The van der Waals surface area contributed by atoms with Crippen molar-refractivity contribution in [1.29, 1.82) is 0 Å². The smallest absolute Gasteiger partial charge is 0.166 e. The number of alkyl halides is 4. The van der Waals surface area contributed by atoms with E-state index < -0.39 is 11.7 Å². The standard InChI is InChI=1S/C8H6ClF3.Zn/c9-5-6-1-3-7(4-2-6)8(10,11)12;/h1-4H,5H2;. The van der Waals surface area contributed by atoms with Crippen molar-refractivity contribution < 1.29 is 32.6 Å². The van der Waals surface area contributed by atoms with Crippen molar-refractivity contribution in [2.45, 2.75) is 12.1 Å². The Hall–Kier alpha value is -0.0766. The largest absolute Gasteiger partial charge is 0.416 e. The van der Waals surface area contributed by atoms with Crippen LogP contribution < -0.4 is 0 Å². The van der Waals surface area contributed by atoms with Crippen LogP contribution in [0.15, 0.2) is 24.3 Å². The molecule has 0 fully saturated rings. The van der Waals surface area contributed by atoms with Crippen LogP contribution in [0.4, 0.5) is 13.2 Å². The fourth-order valence-electron chi connectivity index (χ4n) is 0.783. The molecule has 1 rings (SSSR count). The van der Waals surface area contributed by atoms with E-state index in [2.05, 4.69) is 0 Å². The molecule has 13 heavy (non-hydrogen) atoms. The van der Waals surface area contributed by atoms with Crippen molar-refractivity contribution in [3.8, 4) is 0 Å². The van der Waals surface area contributed by atoms with Gasteiger partial charge in [-0.15, -0.1) is 11.6 Å². The van der Waals surface area contributed by atoms with E-state index in [1.165, 1.54) is 12.1 Å². The van der Waals surface area contributed by atoms with E-state index in [1.54, 1.807) is 0 Å². The van der Waals surface area contributed by atoms with E-state index in [0.29, 0.717) is 5.56 Å². The van der Waals surface area contributed by atoms with Crippen LogP contribution in [0.25, 0.3) is 0 Å². The quantitative estimate of drug-likeness (QED) is 0.536. The van der Waals surface area contributed by atoms with E-state index in [1.807, 2.05) is 0 Å². The molecule has 0 aromatic heterocycles. The minimum atomic E-state index is -4.26. The number of hydrogen-bond donors (Lipinski definition) is 0. The molecule has 0 saturated carbocycles. The van der Waals surface area contributed by atoms with Gasteiger partial charge in [-0.2, -0.15) is 13.2 Å². The Labute approximate surface area is 91.8 Å². The third-order valence-corrected chi connectivity index (χ3v) is 1.74. The summed E-state index contributed by atoms with van der Waals surface area (Å²) in [6.07, 6.45) is -4.26. The molecule has 68 valence electrons. The first kappa shape index (κ1) is 12.9. The molecule has 0 nitrogen and oxygen atoms in total. The Morgan fingerprint density at radius 3 is 1.85 bits per heavy atom. The first-order chi connectivity index (χ1) is 5.54. The molecule has 0 atom stereocenters. The topological polar surface area (TPSA) is 0 Å². The molecule has 1 aromatic rings. The van der Waals surface area contributed by atoms with Crippen LogP contribution in [-0.2, 0) is 31.5 Å². The summed E-state index contributed by atoms with van der Waals surface area (Å²) in [6, 6.07) is 4.79. The second-order valence-electron chi connectivity index (χ2n) is 2.33. The Bertz CT molecular complexity index is 255. The van der Waals surface area contributed by atoms with E-state index in [9.17, 15) is 13.2 Å². The van der Waals surface area contributed by atoms with E-state index in [4.69, 9.17) is 11.6 Å². The molecule has 5 heteroatoms. The van der Waals surface area contributed by atoms with E-state index in [0.717, 1.165) is 12.1 Å². The van der Waals surface area contributed by atoms with Gasteiger partial charge in [-0.3, -0.25) is 0 Å². The van der Waals surface area contributed by atoms with Crippen molar-refractivity contribution in [2.75, 3.05) is 0 Å². The van der Waals surface area contributed by atoms with Gasteiger partial charge in [-0.1, -0.05) is 12.1 Å². The fourth-order valence-corrected chi connectivity index (χ4v) is 0.961. The molecule has 0 bridgehead atoms. The van der Waals surface area contributed by atoms with Crippen molar-refractivity contribution in [3.05, 3.63) is 35.4 Å². The summed E-state index contributed by atoms with van der Waals surface area (Å²) in [7, 11) is 0. The van der Waals surface area contributed by atoms with E-state index >= 15 is 0 Å². The van der Waals surface area contributed by atoms with Gasteiger partial charge < -0.3 is 0 Å². The van der Waals surface area contributed by atoms with Crippen LogP contribution in [0.2, 0.25) is 0 Å². The van der Waals surface area contributed by atoms with Gasteiger partial charge in [0.2, 0.25) is 0 Å². The number of rotatable bonds is 1. The molecule has 0 spiro atoms. The second kappa shape index (κ2) is 4.97. The molecule has 0 saturated heterocycles. The molecule has 0 radical (unpaired) electrons. The normalized spacial score (nSPS) is 10.8. The van der Waals surface area contributed by atoms with E-state index in [-0.39, 0.29) is 25.4 Å². The maximum absolute atomic E-state index is 12.0. The summed E-state index contributed by atoms with van der Waals surface area (Å²) in [5.74, 6) is 0.234. The Morgan fingerprint density at radius 1 is 1.08 bits per heavy atom. The number of hydrogen-bond acceptors (Lipinski definition) is 0. The van der Waals surface area contributed by atoms with Crippen molar-refractivity contribution in [2.24, 2.45) is 0 Å². The molecule has 0 aliphatic carbocycles. The first-order valence-corrected chi connectivity index (χ1v) is 3.79. The molecule has 0 heterocycles. The van der Waals surface area contributed by atoms with Crippen LogP contribution >= 0.6 is 11.6 Å². The van der Waals surface area contributed by atoms with Crippen LogP contribution in [0.1, 0.15) is 11.1 Å². The third kappa shape index (κ3) is 3.65. The van der Waals surface area contributed by atoms with Crippen LogP contribution in [0.3, 0.4) is 0 Å². The third-order valence-electron chi connectivity index (χ3n) is 1.44. The molecule has 0 aliphatic rings. The van der Waals surface area contributed by atoms with Crippen molar-refractivity contribution in [3.63, 3.8) is 0 Å². The summed E-state index contributed by atoms with van der Waals surface area (Å²) in [6.45, 7) is 0. The molecule has 1 aromatic carbocycles. The molecular formula is C8H6ClF3Zn. The predicted molar refractivity (Wildman–Crippen MR) is 41.0 cm³/mol. The van der Waals surface area contributed by atoms with Gasteiger partial charge in [0, 0.05) is 25.4 Å². The zero-order chi connectivity index (χ0) is 9.19. The van der Waals surface area contributed by atoms with Gasteiger partial charge in [0.05, 0.1) is 5.56 Å². The fraction of sp³-hybridized carbons (Fsp3) is 0.250. The Balaban J connectivity index is 0.00000144. The molecule has 0 amide bonds. The summed E-state index contributed by atoms with van der Waals surface area (Å²) in [5, 5.41) is 0. The summed E-state index contributed by atoms with van der Waals surface area (Å²) >= 11 is 5.41. The molecule has 0 N–H and O–H groups in total. The summed E-state index contributed by atoms with van der Waals surface area (Å²) in [4.78, 5) is 0. The number of halogens is 4. The monoisotopic (exact) mass is 258 g/mol. The van der Waals surface area contributed by atoms with Crippen LogP contribution in [0.5, 0.6) is 0 Å². The maximum Gasteiger partial charge on any atom is 0.416 e. The zero-order valence-electron chi connectivity index (χ0n) is 6.74. The van der Waals surface area contributed by atoms with Gasteiger partial charge in [0.1, 0.15) is 0 Å². The molecular weight excluding hydrogens is 254 g/mol. The van der Waals surface area contributed by atoms with Gasteiger partial charge in [-0.25, -0.2) is 0 Å². The minimum absolute atomic E-state index is 0. The average Bonchev–Trinajstić information content (AvgIpc) is 2.03. The maximum atomic E-state index is 12.0. The zero-order valence-corrected chi connectivity index (χ0v) is 10.5. The van der Waals surface area contributed by atoms with Gasteiger partial charge in [-0.05, 0) is 17.7 Å². The average molecular weight is 260 g/mol. The summed E-state index contributed by atoms with van der Waals surface area (Å²) in [5.41, 5.74) is 0.0426. The molecule has 0 aliphatic heterocycles. The second-order valence-corrected chi connectivity index (χ2v) is 2.60.